The zero-order chi connectivity index (χ0) is 19.9. The minimum absolute atomic E-state index is 0.0216. The highest BCUT2D eigenvalue weighted by molar-refractivity contribution is 7.98. The lowest BCUT2D eigenvalue weighted by Gasteiger charge is -2.27. The average molecular weight is 407 g/mol. The molecular formula is C18H25N5O4S. The number of aromatic amines is 1. The summed E-state index contributed by atoms with van der Waals surface area (Å²) in [6, 6.07) is 3.45. The van der Waals surface area contributed by atoms with Crippen molar-refractivity contribution in [3.05, 3.63) is 30.0 Å². The highest BCUT2D eigenvalue weighted by atomic mass is 32.2. The van der Waals surface area contributed by atoms with E-state index in [2.05, 4.69) is 15.2 Å². The zero-order valence-corrected chi connectivity index (χ0v) is 16.9. The first-order valence-corrected chi connectivity index (χ1v) is 10.3. The Balaban J connectivity index is 1.63. The smallest absolute Gasteiger partial charge is 0.289 e. The topological polar surface area (TPSA) is 105 Å². The van der Waals surface area contributed by atoms with Gasteiger partial charge in [-0.1, -0.05) is 11.8 Å². The van der Waals surface area contributed by atoms with E-state index < -0.39 is 0 Å². The molecule has 2 amide bonds. The van der Waals surface area contributed by atoms with Crippen molar-refractivity contribution in [3.63, 3.8) is 0 Å². The summed E-state index contributed by atoms with van der Waals surface area (Å²) < 4.78 is 11.3. The van der Waals surface area contributed by atoms with Crippen molar-refractivity contribution in [2.45, 2.75) is 24.8 Å². The lowest BCUT2D eigenvalue weighted by molar-refractivity contribution is -0.136. The van der Waals surface area contributed by atoms with Gasteiger partial charge < -0.3 is 19.0 Å². The Bertz CT molecular complexity index is 775. The Kier molecular flexibility index (Phi) is 7.10. The molecule has 0 radical (unpaired) electrons. The Labute approximate surface area is 167 Å². The summed E-state index contributed by atoms with van der Waals surface area (Å²) in [6.07, 6.45) is 1.44. The minimum atomic E-state index is -0.359. The van der Waals surface area contributed by atoms with Crippen molar-refractivity contribution in [1.29, 1.82) is 0 Å². The number of hydrogen-bond acceptors (Lipinski definition) is 7. The predicted molar refractivity (Wildman–Crippen MR) is 103 cm³/mol. The third-order valence-electron chi connectivity index (χ3n) is 4.59. The van der Waals surface area contributed by atoms with Crippen LogP contribution in [0.2, 0.25) is 0 Å². The molecule has 9 nitrogen and oxygen atoms in total. The van der Waals surface area contributed by atoms with E-state index in [0.29, 0.717) is 56.1 Å². The number of nitrogens with zero attached hydrogens (tertiary/aromatic N) is 4. The molecule has 1 fully saturated rings. The molecule has 1 N–H and O–H groups in total. The Hall–Kier alpha value is -2.33. The van der Waals surface area contributed by atoms with Crippen molar-refractivity contribution in [2.24, 2.45) is 5.92 Å². The van der Waals surface area contributed by atoms with Crippen LogP contribution in [0.15, 0.2) is 28.0 Å². The van der Waals surface area contributed by atoms with Gasteiger partial charge in [0.15, 0.2) is 10.9 Å². The largest absolute Gasteiger partial charge is 0.455 e. The summed E-state index contributed by atoms with van der Waals surface area (Å²) in [4.78, 5) is 33.0. The Morgan fingerprint density at radius 2 is 2.18 bits per heavy atom. The number of amides is 2. The number of carbonyl (C=O) groups excluding carboxylic acids is 2. The summed E-state index contributed by atoms with van der Waals surface area (Å²) in [7, 11) is 0. The summed E-state index contributed by atoms with van der Waals surface area (Å²) >= 11 is 1.44. The molecule has 0 bridgehead atoms. The molecule has 152 valence electrons. The van der Waals surface area contributed by atoms with Crippen LogP contribution in [0.25, 0.3) is 0 Å². The van der Waals surface area contributed by atoms with Gasteiger partial charge in [0.05, 0.1) is 24.9 Å². The van der Waals surface area contributed by atoms with E-state index in [9.17, 15) is 9.59 Å². The number of thioether (sulfide) groups is 1. The quantitative estimate of drug-likeness (QED) is 0.696. The van der Waals surface area contributed by atoms with Crippen LogP contribution in [-0.2, 0) is 15.3 Å². The van der Waals surface area contributed by atoms with Gasteiger partial charge >= 0.3 is 0 Å². The molecule has 1 aliphatic heterocycles. The van der Waals surface area contributed by atoms with E-state index in [1.807, 2.05) is 13.8 Å². The number of aromatic nitrogens is 3. The van der Waals surface area contributed by atoms with Crippen LogP contribution >= 0.6 is 11.8 Å². The van der Waals surface area contributed by atoms with Crippen LogP contribution in [0.3, 0.4) is 0 Å². The fourth-order valence-corrected chi connectivity index (χ4v) is 3.74. The van der Waals surface area contributed by atoms with Crippen LogP contribution in [-0.4, -0.2) is 76.2 Å². The van der Waals surface area contributed by atoms with Gasteiger partial charge in [-0.3, -0.25) is 14.7 Å². The Morgan fingerprint density at radius 1 is 1.36 bits per heavy atom. The molecule has 1 aliphatic rings. The van der Waals surface area contributed by atoms with Gasteiger partial charge in [-0.25, -0.2) is 4.98 Å². The van der Waals surface area contributed by atoms with Crippen LogP contribution in [0.5, 0.6) is 0 Å². The molecule has 1 saturated heterocycles. The predicted octanol–water partition coefficient (Wildman–Crippen LogP) is 1.65. The first kappa shape index (κ1) is 20.4. The highest BCUT2D eigenvalue weighted by Gasteiger charge is 2.31. The van der Waals surface area contributed by atoms with Crippen molar-refractivity contribution in [1.82, 2.24) is 25.0 Å². The molecule has 2 aromatic rings. The van der Waals surface area contributed by atoms with Crippen LogP contribution < -0.4 is 0 Å². The maximum absolute atomic E-state index is 12.9. The van der Waals surface area contributed by atoms with E-state index >= 15 is 0 Å². The van der Waals surface area contributed by atoms with Gasteiger partial charge in [0.2, 0.25) is 5.91 Å². The van der Waals surface area contributed by atoms with E-state index in [0.717, 1.165) is 0 Å². The Morgan fingerprint density at radius 3 is 2.89 bits per heavy atom. The number of carbonyl (C=O) groups is 2. The van der Waals surface area contributed by atoms with Gasteiger partial charge in [-0.15, -0.1) is 0 Å². The highest BCUT2D eigenvalue weighted by Crippen LogP contribution is 2.21. The second kappa shape index (κ2) is 9.74. The normalized spacial score (nSPS) is 17.4. The van der Waals surface area contributed by atoms with E-state index in [1.165, 1.54) is 18.1 Å². The number of H-pyrrole nitrogens is 1. The second-order valence-electron chi connectivity index (χ2n) is 6.38. The monoisotopic (exact) mass is 407 g/mol. The number of furan rings is 1. The molecule has 0 spiro atoms. The summed E-state index contributed by atoms with van der Waals surface area (Å²) in [5.74, 6) is 0.916. The summed E-state index contributed by atoms with van der Waals surface area (Å²) in [5.41, 5.74) is 0. The first-order chi connectivity index (χ1) is 13.6. The molecule has 3 heterocycles. The average Bonchev–Trinajstić information content (AvgIpc) is 3.33. The fourth-order valence-electron chi connectivity index (χ4n) is 3.07. The molecule has 3 rings (SSSR count). The van der Waals surface area contributed by atoms with Gasteiger partial charge in [-0.2, -0.15) is 5.10 Å². The van der Waals surface area contributed by atoms with Gasteiger partial charge in [-0.05, 0) is 26.0 Å². The second-order valence-corrected chi connectivity index (χ2v) is 7.34. The molecule has 28 heavy (non-hydrogen) atoms. The summed E-state index contributed by atoms with van der Waals surface area (Å²) in [6.45, 7) is 6.68. The maximum Gasteiger partial charge on any atom is 0.289 e. The number of hydrogen-bond donors (Lipinski definition) is 1. The van der Waals surface area contributed by atoms with E-state index in [-0.39, 0.29) is 23.5 Å². The van der Waals surface area contributed by atoms with E-state index in [4.69, 9.17) is 9.15 Å². The molecule has 1 unspecified atom stereocenters. The molecule has 1 atom stereocenters. The lowest BCUT2D eigenvalue weighted by atomic mass is 10.1. The third-order valence-corrected chi connectivity index (χ3v) is 5.49. The number of nitrogens with one attached hydrogen (secondary N) is 1. The standard InChI is InChI=1S/C18H25N5O4S/c1-3-22(4-2)16(24)13-9-23(7-8-26-10-13)17(25)15-6-5-14(27-15)11-28-18-19-12-20-21-18/h5-6,12-13H,3-4,7-11H2,1-2H3,(H,19,20,21). The minimum Gasteiger partial charge on any atom is -0.455 e. The maximum atomic E-state index is 12.9. The van der Waals surface area contributed by atoms with Crippen molar-refractivity contribution < 1.29 is 18.7 Å². The SMILES string of the molecule is CCN(CC)C(=O)C1COCCN(C(=O)c2ccc(CSc3ncn[nH]3)o2)C1. The van der Waals surface area contributed by atoms with Crippen molar-refractivity contribution in [2.75, 3.05) is 39.4 Å². The van der Waals surface area contributed by atoms with Crippen LogP contribution in [0.4, 0.5) is 0 Å². The summed E-state index contributed by atoms with van der Waals surface area (Å²) in [5, 5.41) is 7.24. The molecular weight excluding hydrogens is 382 g/mol. The molecule has 2 aromatic heterocycles. The van der Waals surface area contributed by atoms with Gasteiger partial charge in [0, 0.05) is 26.2 Å². The van der Waals surface area contributed by atoms with E-state index in [1.54, 1.807) is 21.9 Å². The molecule has 0 saturated carbocycles. The van der Waals surface area contributed by atoms with Gasteiger partial charge in [0.1, 0.15) is 12.1 Å². The lowest BCUT2D eigenvalue weighted by Crippen LogP contribution is -2.43. The number of ether oxygens (including phenoxy) is 1. The van der Waals surface area contributed by atoms with Gasteiger partial charge in [0.25, 0.3) is 5.91 Å². The number of rotatable bonds is 7. The molecule has 0 aliphatic carbocycles. The third kappa shape index (κ3) is 4.93. The van der Waals surface area contributed by atoms with Crippen molar-refractivity contribution >= 4 is 23.6 Å². The fraction of sp³-hybridized carbons (Fsp3) is 0.556. The van der Waals surface area contributed by atoms with Crippen LogP contribution in [0.1, 0.15) is 30.2 Å². The molecule has 10 heteroatoms. The molecule has 0 aromatic carbocycles. The zero-order valence-electron chi connectivity index (χ0n) is 16.1. The van der Waals surface area contributed by atoms with Crippen molar-refractivity contribution in [3.8, 4) is 0 Å². The van der Waals surface area contributed by atoms with Crippen LogP contribution in [0, 0.1) is 5.92 Å². The first-order valence-electron chi connectivity index (χ1n) is 9.35.